The fourth-order valence-corrected chi connectivity index (χ4v) is 2.83. The number of ketones is 1. The van der Waals surface area contributed by atoms with Crippen molar-refractivity contribution in [2.75, 3.05) is 12.5 Å². The van der Waals surface area contributed by atoms with Gasteiger partial charge in [0.2, 0.25) is 6.79 Å². The van der Waals surface area contributed by atoms with Gasteiger partial charge >= 0.3 is 0 Å². The second-order valence-corrected chi connectivity index (χ2v) is 5.44. The van der Waals surface area contributed by atoms with Gasteiger partial charge in [0, 0.05) is 11.8 Å². The smallest absolute Gasteiger partial charge is 0.231 e. The van der Waals surface area contributed by atoms with E-state index >= 15 is 0 Å². The molecule has 0 saturated carbocycles. The standard InChI is InChI=1S/C14H10ClNO3S/c15-10-2-1-5-16-14(10)20-7-11(17)9-3-4-12-13(6-9)19-8-18-12/h1-6H,7-8H2. The van der Waals surface area contributed by atoms with Crippen LogP contribution in [0.2, 0.25) is 5.02 Å². The highest BCUT2D eigenvalue weighted by Crippen LogP contribution is 2.33. The van der Waals surface area contributed by atoms with Gasteiger partial charge in [0.05, 0.1) is 10.8 Å². The fraction of sp³-hybridized carbons (Fsp3) is 0.143. The van der Waals surface area contributed by atoms with Crippen molar-refractivity contribution < 1.29 is 14.3 Å². The maximum Gasteiger partial charge on any atom is 0.231 e. The largest absolute Gasteiger partial charge is 0.454 e. The molecule has 2 aromatic rings. The lowest BCUT2D eigenvalue weighted by molar-refractivity contribution is 0.102. The second-order valence-electron chi connectivity index (χ2n) is 4.07. The predicted molar refractivity (Wildman–Crippen MR) is 76.9 cm³/mol. The Morgan fingerprint density at radius 1 is 1.30 bits per heavy atom. The highest BCUT2D eigenvalue weighted by molar-refractivity contribution is 8.00. The molecule has 0 unspecified atom stereocenters. The zero-order chi connectivity index (χ0) is 13.9. The number of thioether (sulfide) groups is 1. The van der Waals surface area contributed by atoms with Crippen LogP contribution in [0, 0.1) is 0 Å². The molecule has 0 saturated heterocycles. The van der Waals surface area contributed by atoms with E-state index in [4.69, 9.17) is 21.1 Å². The Hall–Kier alpha value is -1.72. The molecule has 1 aliphatic rings. The summed E-state index contributed by atoms with van der Waals surface area (Å²) in [5.74, 6) is 1.55. The molecule has 0 amide bonds. The summed E-state index contributed by atoms with van der Waals surface area (Å²) in [6, 6.07) is 8.68. The Morgan fingerprint density at radius 3 is 3.00 bits per heavy atom. The Kier molecular flexibility index (Phi) is 3.80. The lowest BCUT2D eigenvalue weighted by Gasteiger charge is -2.03. The number of ether oxygens (including phenoxy) is 2. The van der Waals surface area contributed by atoms with Gasteiger partial charge in [-0.2, -0.15) is 0 Å². The van der Waals surface area contributed by atoms with E-state index < -0.39 is 0 Å². The first-order valence-corrected chi connectivity index (χ1v) is 7.26. The Morgan fingerprint density at radius 2 is 2.15 bits per heavy atom. The summed E-state index contributed by atoms with van der Waals surface area (Å²) in [4.78, 5) is 16.3. The predicted octanol–water partition coefficient (Wildman–Crippen LogP) is 3.44. The third kappa shape index (κ3) is 2.73. The highest BCUT2D eigenvalue weighted by atomic mass is 35.5. The van der Waals surface area contributed by atoms with Crippen LogP contribution in [0.15, 0.2) is 41.6 Å². The van der Waals surface area contributed by atoms with Crippen LogP contribution in [-0.4, -0.2) is 23.3 Å². The molecule has 0 N–H and O–H groups in total. The summed E-state index contributed by atoms with van der Waals surface area (Å²) in [7, 11) is 0. The monoisotopic (exact) mass is 307 g/mol. The van der Waals surface area contributed by atoms with E-state index in [1.54, 1.807) is 36.5 Å². The number of carbonyl (C=O) groups excluding carboxylic acids is 1. The molecule has 0 fully saturated rings. The Labute approximate surface area is 125 Å². The molecule has 0 atom stereocenters. The molecule has 20 heavy (non-hydrogen) atoms. The normalized spacial score (nSPS) is 12.4. The molecule has 2 heterocycles. The topological polar surface area (TPSA) is 48.4 Å². The minimum Gasteiger partial charge on any atom is -0.454 e. The maximum atomic E-state index is 12.1. The van der Waals surface area contributed by atoms with Crippen LogP contribution in [0.3, 0.4) is 0 Å². The van der Waals surface area contributed by atoms with E-state index in [-0.39, 0.29) is 18.3 Å². The molecule has 3 rings (SSSR count). The van der Waals surface area contributed by atoms with Crippen molar-refractivity contribution in [3.05, 3.63) is 47.1 Å². The SMILES string of the molecule is O=C(CSc1ncccc1Cl)c1ccc2c(c1)OCO2. The lowest BCUT2D eigenvalue weighted by atomic mass is 10.1. The van der Waals surface area contributed by atoms with Gasteiger partial charge in [-0.25, -0.2) is 4.98 Å². The molecule has 0 aliphatic carbocycles. The van der Waals surface area contributed by atoms with E-state index in [2.05, 4.69) is 4.98 Å². The van der Waals surface area contributed by atoms with Gasteiger partial charge in [0.15, 0.2) is 17.3 Å². The molecule has 1 aromatic heterocycles. The van der Waals surface area contributed by atoms with Gasteiger partial charge in [-0.1, -0.05) is 23.4 Å². The zero-order valence-corrected chi connectivity index (χ0v) is 11.9. The summed E-state index contributed by atoms with van der Waals surface area (Å²) in [6.07, 6.45) is 1.65. The van der Waals surface area contributed by atoms with Crippen LogP contribution in [0.5, 0.6) is 11.5 Å². The maximum absolute atomic E-state index is 12.1. The quantitative estimate of drug-likeness (QED) is 0.639. The first-order valence-electron chi connectivity index (χ1n) is 5.90. The molecule has 0 bridgehead atoms. The van der Waals surface area contributed by atoms with Crippen molar-refractivity contribution in [3.8, 4) is 11.5 Å². The molecular formula is C14H10ClNO3S. The van der Waals surface area contributed by atoms with E-state index in [0.717, 1.165) is 0 Å². The molecule has 4 nitrogen and oxygen atoms in total. The number of fused-ring (bicyclic) bond motifs is 1. The summed E-state index contributed by atoms with van der Waals surface area (Å²) in [6.45, 7) is 0.200. The van der Waals surface area contributed by atoms with Crippen molar-refractivity contribution in [2.45, 2.75) is 5.03 Å². The average Bonchev–Trinajstić information content (AvgIpc) is 2.93. The molecule has 6 heteroatoms. The number of pyridine rings is 1. The van der Waals surface area contributed by atoms with Gasteiger partial charge in [-0.05, 0) is 30.3 Å². The number of carbonyl (C=O) groups is 1. The average molecular weight is 308 g/mol. The number of hydrogen-bond donors (Lipinski definition) is 0. The first kappa shape index (κ1) is 13.3. The van der Waals surface area contributed by atoms with Gasteiger partial charge in [-0.3, -0.25) is 4.79 Å². The Balaban J connectivity index is 1.69. The molecular weight excluding hydrogens is 298 g/mol. The van der Waals surface area contributed by atoms with Crippen LogP contribution in [0.4, 0.5) is 0 Å². The van der Waals surface area contributed by atoms with Gasteiger partial charge in [0.1, 0.15) is 5.03 Å². The molecule has 0 radical (unpaired) electrons. The number of hydrogen-bond acceptors (Lipinski definition) is 5. The summed E-state index contributed by atoms with van der Waals surface area (Å²) in [5.41, 5.74) is 0.591. The third-order valence-electron chi connectivity index (χ3n) is 2.76. The third-order valence-corrected chi connectivity index (χ3v) is 4.18. The lowest BCUT2D eigenvalue weighted by Crippen LogP contribution is -2.02. The Bertz CT molecular complexity index is 663. The first-order chi connectivity index (χ1) is 9.74. The van der Waals surface area contributed by atoms with Gasteiger partial charge in [0.25, 0.3) is 0 Å². The van der Waals surface area contributed by atoms with Gasteiger partial charge < -0.3 is 9.47 Å². The summed E-state index contributed by atoms with van der Waals surface area (Å²) in [5, 5.41) is 1.21. The molecule has 1 aliphatic heterocycles. The van der Waals surface area contributed by atoms with Crippen LogP contribution >= 0.6 is 23.4 Å². The van der Waals surface area contributed by atoms with E-state index in [1.807, 2.05) is 0 Å². The fourth-order valence-electron chi connectivity index (χ4n) is 1.76. The van der Waals surface area contributed by atoms with E-state index in [1.165, 1.54) is 11.8 Å². The van der Waals surface area contributed by atoms with E-state index in [0.29, 0.717) is 27.1 Å². The summed E-state index contributed by atoms with van der Waals surface area (Å²) >= 11 is 7.32. The number of nitrogens with zero attached hydrogens (tertiary/aromatic N) is 1. The molecule has 0 spiro atoms. The second kappa shape index (κ2) is 5.73. The van der Waals surface area contributed by atoms with Crippen molar-refractivity contribution in [2.24, 2.45) is 0 Å². The highest BCUT2D eigenvalue weighted by Gasteiger charge is 2.16. The number of aromatic nitrogens is 1. The molecule has 102 valence electrons. The van der Waals surface area contributed by atoms with Gasteiger partial charge in [-0.15, -0.1) is 0 Å². The van der Waals surface area contributed by atoms with Crippen LogP contribution in [0.1, 0.15) is 10.4 Å². The minimum absolute atomic E-state index is 0.00461. The number of benzene rings is 1. The van der Waals surface area contributed by atoms with Crippen LogP contribution < -0.4 is 9.47 Å². The number of Topliss-reactive ketones (excluding diaryl/α,β-unsaturated/α-hetero) is 1. The van der Waals surface area contributed by atoms with Crippen molar-refractivity contribution in [3.63, 3.8) is 0 Å². The summed E-state index contributed by atoms with van der Waals surface area (Å²) < 4.78 is 10.5. The van der Waals surface area contributed by atoms with E-state index in [9.17, 15) is 4.79 Å². The van der Waals surface area contributed by atoms with Crippen molar-refractivity contribution in [1.82, 2.24) is 4.98 Å². The van der Waals surface area contributed by atoms with Crippen molar-refractivity contribution in [1.29, 1.82) is 0 Å². The van der Waals surface area contributed by atoms with Crippen molar-refractivity contribution >= 4 is 29.1 Å². The molecule has 1 aromatic carbocycles. The van der Waals surface area contributed by atoms with Crippen LogP contribution in [0.25, 0.3) is 0 Å². The number of halogens is 1. The zero-order valence-electron chi connectivity index (χ0n) is 10.3. The number of rotatable bonds is 4. The minimum atomic E-state index is -0.00461. The van der Waals surface area contributed by atoms with Crippen LogP contribution in [-0.2, 0) is 0 Å².